The second-order valence-electron chi connectivity index (χ2n) is 12.1. The van der Waals surface area contributed by atoms with Gasteiger partial charge in [-0.05, 0) is 12.0 Å². The Morgan fingerprint density at radius 1 is 0.703 bits per heavy atom. The Hall–Kier alpha value is -0.0231. The lowest BCUT2D eigenvalue weighted by Crippen LogP contribution is -2.43. The zero-order valence-electron chi connectivity index (χ0n) is 25.6. The third kappa shape index (κ3) is 26.0. The van der Waals surface area contributed by atoms with Gasteiger partial charge in [0, 0.05) is 5.92 Å². The van der Waals surface area contributed by atoms with Gasteiger partial charge in [-0.25, -0.2) is 0 Å². The number of ether oxygens (including phenoxy) is 2. The zero-order chi connectivity index (χ0) is 27.6. The van der Waals surface area contributed by atoms with E-state index in [0.717, 1.165) is 4.48 Å². The first-order valence-corrected chi connectivity index (χ1v) is 17.1. The molecule has 0 rings (SSSR count). The van der Waals surface area contributed by atoms with Crippen molar-refractivity contribution in [3.63, 3.8) is 0 Å². The maximum Gasteiger partial charge on any atom is 0.179 e. The summed E-state index contributed by atoms with van der Waals surface area (Å²) in [7, 11) is 3.99. The summed E-state index contributed by atoms with van der Waals surface area (Å²) >= 11 is 0. The van der Waals surface area contributed by atoms with Gasteiger partial charge in [0.1, 0.15) is 0 Å². The molecule has 0 spiro atoms. The van der Waals surface area contributed by atoms with Crippen LogP contribution in [0.4, 0.5) is 0 Å². The summed E-state index contributed by atoms with van der Waals surface area (Å²) in [6.07, 6.45) is 20.1. The van der Waals surface area contributed by atoms with Gasteiger partial charge in [0.05, 0.1) is 60.2 Å². The number of rotatable bonds is 29. The number of unbranched alkanes of at least 4 members (excludes halogenated alkanes) is 12. The topological polar surface area (TPSA) is 68.2 Å². The van der Waals surface area contributed by atoms with Crippen LogP contribution in [0.2, 0.25) is 5.54 Å². The predicted octanol–water partition coefficient (Wildman–Crippen LogP) is 5.82. The van der Waals surface area contributed by atoms with E-state index in [-0.39, 0.29) is 26.4 Å². The highest BCUT2D eigenvalue weighted by molar-refractivity contribution is 6.29. The van der Waals surface area contributed by atoms with Crippen molar-refractivity contribution in [3.05, 3.63) is 0 Å². The van der Waals surface area contributed by atoms with E-state index >= 15 is 0 Å². The second kappa shape index (κ2) is 26.2. The Morgan fingerprint density at radius 2 is 1.19 bits per heavy atom. The first-order valence-electron chi connectivity index (χ1n) is 15.7. The van der Waals surface area contributed by atoms with E-state index in [0.29, 0.717) is 18.1 Å². The van der Waals surface area contributed by atoms with Crippen molar-refractivity contribution in [2.45, 2.75) is 129 Å². The van der Waals surface area contributed by atoms with E-state index in [1.165, 1.54) is 109 Å². The molecule has 0 aliphatic heterocycles. The molecule has 0 aromatic heterocycles. The molecule has 224 valence electrons. The van der Waals surface area contributed by atoms with Gasteiger partial charge in [0.15, 0.2) is 16.1 Å². The molecule has 0 heterocycles. The first-order chi connectivity index (χ1) is 17.8. The Balaban J connectivity index is 4.28. The van der Waals surface area contributed by atoms with Crippen LogP contribution in [0, 0.1) is 5.92 Å². The third-order valence-corrected chi connectivity index (χ3v) is 8.87. The average Bonchev–Trinajstić information content (AvgIpc) is 2.85. The lowest BCUT2D eigenvalue weighted by molar-refractivity contribution is -0.893. The third-order valence-electron chi connectivity index (χ3n) is 7.12. The molecule has 0 bridgehead atoms. The van der Waals surface area contributed by atoms with Gasteiger partial charge in [-0.15, -0.1) is 0 Å². The van der Waals surface area contributed by atoms with Crippen LogP contribution in [0.15, 0.2) is 0 Å². The van der Waals surface area contributed by atoms with Crippen molar-refractivity contribution in [2.24, 2.45) is 5.92 Å². The summed E-state index contributed by atoms with van der Waals surface area (Å²) in [5, 5.41) is 18.1. The fraction of sp³-hybridized carbons (Fsp3) is 1.00. The van der Waals surface area contributed by atoms with Gasteiger partial charge >= 0.3 is 0 Å². The van der Waals surface area contributed by atoms with Crippen LogP contribution in [0.5, 0.6) is 0 Å². The van der Waals surface area contributed by atoms with Gasteiger partial charge in [-0.3, -0.25) is 0 Å². The molecule has 0 saturated heterocycles. The standard InChI is InChI=1S/C30H66NO5Si/c1-6-7-8-9-10-11-12-13-14-15-16-17-18-19-29(20-21-31(4,5)26-28(2)3)37-36-27-30(34-24-22-32)35-25-23-33/h28-30,32-33H,6-27,37H2,1-5H3/q+1. The largest absolute Gasteiger partial charge is 0.419 e. The van der Waals surface area contributed by atoms with E-state index in [9.17, 15) is 0 Å². The average molecular weight is 549 g/mol. The van der Waals surface area contributed by atoms with Crippen molar-refractivity contribution in [1.29, 1.82) is 0 Å². The Labute approximate surface area is 233 Å². The van der Waals surface area contributed by atoms with Crippen LogP contribution >= 0.6 is 0 Å². The molecule has 0 aromatic carbocycles. The maximum absolute atomic E-state index is 9.05. The van der Waals surface area contributed by atoms with E-state index in [1.54, 1.807) is 0 Å². The van der Waals surface area contributed by atoms with Crippen molar-refractivity contribution in [1.82, 2.24) is 0 Å². The highest BCUT2D eigenvalue weighted by Gasteiger charge is 2.21. The molecular weight excluding hydrogens is 482 g/mol. The first kappa shape index (κ1) is 37.0. The molecule has 0 amide bonds. The normalized spacial score (nSPS) is 13.5. The van der Waals surface area contributed by atoms with E-state index in [2.05, 4.69) is 34.9 Å². The minimum atomic E-state index is -0.717. The van der Waals surface area contributed by atoms with Crippen LogP contribution < -0.4 is 0 Å². The zero-order valence-corrected chi connectivity index (χ0v) is 27.0. The molecule has 7 heteroatoms. The van der Waals surface area contributed by atoms with Crippen LogP contribution in [0.3, 0.4) is 0 Å². The highest BCUT2D eigenvalue weighted by atomic mass is 28.2. The molecule has 0 aromatic rings. The summed E-state index contributed by atoms with van der Waals surface area (Å²) in [5.41, 5.74) is 0.675. The lowest BCUT2D eigenvalue weighted by Gasteiger charge is -2.33. The van der Waals surface area contributed by atoms with Gasteiger partial charge in [0.25, 0.3) is 0 Å². The van der Waals surface area contributed by atoms with E-state index in [1.807, 2.05) is 0 Å². The quantitative estimate of drug-likeness (QED) is 0.0533. The van der Waals surface area contributed by atoms with Gasteiger partial charge < -0.3 is 28.6 Å². The Bertz CT molecular complexity index is 459. The van der Waals surface area contributed by atoms with Crippen LogP contribution in [0.1, 0.15) is 117 Å². The van der Waals surface area contributed by atoms with Crippen molar-refractivity contribution < 1.29 is 28.6 Å². The van der Waals surface area contributed by atoms with Gasteiger partial charge in [-0.2, -0.15) is 0 Å². The SMILES string of the molecule is CCCCCCCCCCCCCCCC(CC[N+](C)(C)CC(C)C)[SiH2]OCC(OCCO)OCCO. The molecule has 0 saturated carbocycles. The molecule has 0 aliphatic carbocycles. The fourth-order valence-electron chi connectivity index (χ4n) is 5.22. The van der Waals surface area contributed by atoms with Crippen LogP contribution in [-0.2, 0) is 13.9 Å². The minimum absolute atomic E-state index is 0.0407. The molecule has 1 atom stereocenters. The van der Waals surface area contributed by atoms with E-state index < -0.39 is 16.1 Å². The fourth-order valence-corrected chi connectivity index (χ4v) is 6.68. The molecular formula is C30H66NO5Si+. The number of nitrogens with zero attached hydrogens (tertiary/aromatic N) is 1. The summed E-state index contributed by atoms with van der Waals surface area (Å²) in [5.74, 6) is 0.705. The predicted molar refractivity (Wildman–Crippen MR) is 160 cm³/mol. The summed E-state index contributed by atoms with van der Waals surface area (Å²) in [6.45, 7) is 10.1. The Morgan fingerprint density at radius 3 is 1.65 bits per heavy atom. The number of quaternary nitrogens is 1. The van der Waals surface area contributed by atoms with Gasteiger partial charge in [0.2, 0.25) is 0 Å². The van der Waals surface area contributed by atoms with Crippen molar-refractivity contribution >= 4 is 9.76 Å². The number of hydrogen-bond acceptors (Lipinski definition) is 5. The summed E-state index contributed by atoms with van der Waals surface area (Å²) in [6, 6.07) is 0. The molecule has 0 fully saturated rings. The van der Waals surface area contributed by atoms with Crippen LogP contribution in [0.25, 0.3) is 0 Å². The Kier molecular flexibility index (Phi) is 26.2. The van der Waals surface area contributed by atoms with Crippen molar-refractivity contribution in [2.75, 3.05) is 60.2 Å². The number of hydrogen-bond donors (Lipinski definition) is 2. The van der Waals surface area contributed by atoms with Gasteiger partial charge in [-0.1, -0.05) is 111 Å². The molecule has 1 unspecified atom stereocenters. The monoisotopic (exact) mass is 548 g/mol. The molecule has 0 radical (unpaired) electrons. The molecule has 0 aliphatic rings. The summed E-state index contributed by atoms with van der Waals surface area (Å²) in [4.78, 5) is 0. The van der Waals surface area contributed by atoms with Crippen molar-refractivity contribution in [3.8, 4) is 0 Å². The molecule has 2 N–H and O–H groups in total. The highest BCUT2D eigenvalue weighted by Crippen LogP contribution is 2.22. The van der Waals surface area contributed by atoms with Crippen LogP contribution in [-0.4, -0.2) is 91.0 Å². The second-order valence-corrected chi connectivity index (χ2v) is 14.0. The smallest absolute Gasteiger partial charge is 0.179 e. The minimum Gasteiger partial charge on any atom is -0.419 e. The molecule has 6 nitrogen and oxygen atoms in total. The summed E-state index contributed by atoms with van der Waals surface area (Å²) < 4.78 is 18.3. The molecule has 37 heavy (non-hydrogen) atoms. The number of aliphatic hydroxyl groups excluding tert-OH is 2. The van der Waals surface area contributed by atoms with E-state index in [4.69, 9.17) is 24.1 Å². The number of aliphatic hydroxyl groups is 2. The maximum atomic E-state index is 9.05. The lowest BCUT2D eigenvalue weighted by atomic mass is 10.0.